The Morgan fingerprint density at radius 2 is 1.88 bits per heavy atom. The highest BCUT2D eigenvalue weighted by Crippen LogP contribution is 2.42. The van der Waals surface area contributed by atoms with Gasteiger partial charge in [0.25, 0.3) is 9.05 Å². The Labute approximate surface area is 157 Å². The van der Waals surface area contributed by atoms with Crippen LogP contribution >= 0.6 is 22.0 Å². The lowest BCUT2D eigenvalue weighted by Gasteiger charge is -2.39. The number of hydrogen-bond donors (Lipinski definition) is 0. The number of unbranched alkanes of at least 4 members (excludes halogenated alkanes) is 3. The summed E-state index contributed by atoms with van der Waals surface area (Å²) in [5.74, 6) is 0. The van der Waals surface area contributed by atoms with Crippen molar-refractivity contribution in [1.82, 2.24) is 0 Å². The Hall–Kier alpha value is 0.117. The van der Waals surface area contributed by atoms with Gasteiger partial charge < -0.3 is 4.43 Å². The molecule has 0 aliphatic rings. The largest absolute Gasteiger partial charge is 0.410 e. The van der Waals surface area contributed by atoms with E-state index in [4.69, 9.17) is 15.1 Å². The lowest BCUT2D eigenvalue weighted by molar-refractivity contribution is 0.170. The van der Waals surface area contributed by atoms with Gasteiger partial charge >= 0.3 is 0 Å². The Morgan fingerprint density at radius 3 is 2.33 bits per heavy atom. The molecule has 0 fully saturated rings. The summed E-state index contributed by atoms with van der Waals surface area (Å²) >= 11 is 1.18. The predicted molar refractivity (Wildman–Crippen MR) is 107 cm³/mol. The maximum Gasteiger partial charge on any atom is 0.270 e. The molecule has 0 saturated heterocycles. The first-order valence-corrected chi connectivity index (χ1v) is 14.7. The first-order valence-electron chi connectivity index (χ1n) is 8.59. The number of rotatable bonds is 9. The van der Waals surface area contributed by atoms with Crippen molar-refractivity contribution in [2.75, 3.05) is 0 Å². The molecule has 1 aromatic heterocycles. The molecule has 0 bridgehead atoms. The van der Waals surface area contributed by atoms with E-state index in [2.05, 4.69) is 40.8 Å². The van der Waals surface area contributed by atoms with E-state index in [-0.39, 0.29) is 15.4 Å². The van der Waals surface area contributed by atoms with Gasteiger partial charge in [-0.05, 0) is 41.6 Å². The second-order valence-corrected chi connectivity index (χ2v) is 16.3. The van der Waals surface area contributed by atoms with Crippen LogP contribution in [-0.4, -0.2) is 16.7 Å². The van der Waals surface area contributed by atoms with Crippen LogP contribution in [0.25, 0.3) is 0 Å². The van der Waals surface area contributed by atoms with Crippen molar-refractivity contribution < 1.29 is 12.8 Å². The Morgan fingerprint density at radius 1 is 1.25 bits per heavy atom. The SMILES string of the molecule is CCCCCCC(O[Si](C)(C)C(C)(C)C)c1csc(S(=O)(=O)Cl)c1. The fourth-order valence-electron chi connectivity index (χ4n) is 2.21. The molecule has 0 spiro atoms. The zero-order chi connectivity index (χ0) is 18.6. The van der Waals surface area contributed by atoms with Crippen LogP contribution in [0.2, 0.25) is 18.1 Å². The molecule has 1 rings (SSSR count). The van der Waals surface area contributed by atoms with Gasteiger partial charge in [-0.1, -0.05) is 53.4 Å². The molecule has 140 valence electrons. The van der Waals surface area contributed by atoms with Gasteiger partial charge in [0, 0.05) is 10.7 Å². The molecule has 0 aliphatic heterocycles. The van der Waals surface area contributed by atoms with E-state index < -0.39 is 17.4 Å². The molecule has 24 heavy (non-hydrogen) atoms. The maximum atomic E-state index is 11.6. The highest BCUT2D eigenvalue weighted by Gasteiger charge is 2.39. The highest BCUT2D eigenvalue weighted by atomic mass is 35.7. The molecule has 1 heterocycles. The zero-order valence-electron chi connectivity index (χ0n) is 15.7. The fourth-order valence-corrected chi connectivity index (χ4v) is 5.55. The molecule has 0 aliphatic carbocycles. The summed E-state index contributed by atoms with van der Waals surface area (Å²) < 4.78 is 29.9. The second-order valence-electron chi connectivity index (χ2n) is 7.85. The third kappa shape index (κ3) is 6.45. The van der Waals surface area contributed by atoms with E-state index in [0.717, 1.165) is 18.4 Å². The summed E-state index contributed by atoms with van der Waals surface area (Å²) in [6.07, 6.45) is 5.56. The molecule has 1 unspecified atom stereocenters. The molecular formula is C17H31ClO3S2Si. The van der Waals surface area contributed by atoms with Crippen molar-refractivity contribution in [3.8, 4) is 0 Å². The lowest BCUT2D eigenvalue weighted by Crippen LogP contribution is -2.41. The van der Waals surface area contributed by atoms with E-state index in [1.54, 1.807) is 6.07 Å². The summed E-state index contributed by atoms with van der Waals surface area (Å²) in [6.45, 7) is 13.3. The van der Waals surface area contributed by atoms with Crippen LogP contribution in [0, 0.1) is 0 Å². The summed E-state index contributed by atoms with van der Waals surface area (Å²) in [4.78, 5) is 0. The third-order valence-electron chi connectivity index (χ3n) is 4.77. The van der Waals surface area contributed by atoms with Gasteiger partial charge in [-0.15, -0.1) is 11.3 Å². The minimum absolute atomic E-state index is 0.0498. The summed E-state index contributed by atoms with van der Waals surface area (Å²) in [6, 6.07) is 1.69. The molecule has 0 radical (unpaired) electrons. The Bertz CT molecular complexity index is 618. The van der Waals surface area contributed by atoms with Crippen LogP contribution in [0.5, 0.6) is 0 Å². The number of hydrogen-bond acceptors (Lipinski definition) is 4. The molecule has 1 atom stereocenters. The van der Waals surface area contributed by atoms with E-state index >= 15 is 0 Å². The van der Waals surface area contributed by atoms with Crippen LogP contribution < -0.4 is 0 Å². The second kappa shape index (κ2) is 8.67. The minimum atomic E-state index is -3.67. The summed E-state index contributed by atoms with van der Waals surface area (Å²) in [5.41, 5.74) is 0.945. The lowest BCUT2D eigenvalue weighted by atomic mass is 10.1. The average Bonchev–Trinajstić information content (AvgIpc) is 2.90. The first kappa shape index (κ1) is 22.2. The highest BCUT2D eigenvalue weighted by molar-refractivity contribution is 8.15. The van der Waals surface area contributed by atoms with Crippen molar-refractivity contribution in [3.63, 3.8) is 0 Å². The molecule has 0 amide bonds. The Kier molecular flexibility index (Phi) is 8.00. The van der Waals surface area contributed by atoms with E-state index in [9.17, 15) is 8.42 Å². The number of thiophene rings is 1. The van der Waals surface area contributed by atoms with E-state index in [1.807, 2.05) is 5.38 Å². The predicted octanol–water partition coefficient (Wildman–Crippen LogP) is 6.71. The number of halogens is 1. The molecule has 3 nitrogen and oxygen atoms in total. The van der Waals surface area contributed by atoms with Crippen molar-refractivity contribution >= 4 is 39.4 Å². The summed E-state index contributed by atoms with van der Waals surface area (Å²) in [7, 11) is -0.126. The van der Waals surface area contributed by atoms with Crippen LogP contribution in [0.1, 0.15) is 71.5 Å². The van der Waals surface area contributed by atoms with Crippen LogP contribution in [0.15, 0.2) is 15.7 Å². The Balaban J connectivity index is 2.99. The van der Waals surface area contributed by atoms with E-state index in [0.29, 0.717) is 0 Å². The maximum absolute atomic E-state index is 11.6. The van der Waals surface area contributed by atoms with Crippen LogP contribution in [0.4, 0.5) is 0 Å². The van der Waals surface area contributed by atoms with Crippen molar-refractivity contribution in [2.24, 2.45) is 0 Å². The minimum Gasteiger partial charge on any atom is -0.410 e. The molecule has 7 heteroatoms. The first-order chi connectivity index (χ1) is 10.9. The fraction of sp³-hybridized carbons (Fsp3) is 0.765. The van der Waals surface area contributed by atoms with Crippen molar-refractivity contribution in [3.05, 3.63) is 17.0 Å². The van der Waals surface area contributed by atoms with Gasteiger partial charge in [-0.2, -0.15) is 0 Å². The molecule has 0 aromatic carbocycles. The van der Waals surface area contributed by atoms with Gasteiger partial charge in [0.2, 0.25) is 0 Å². The quantitative estimate of drug-likeness (QED) is 0.258. The summed E-state index contributed by atoms with van der Waals surface area (Å²) in [5, 5.41) is 2.00. The van der Waals surface area contributed by atoms with Crippen molar-refractivity contribution in [2.45, 2.75) is 88.2 Å². The average molecular weight is 411 g/mol. The topological polar surface area (TPSA) is 43.4 Å². The van der Waals surface area contributed by atoms with Gasteiger partial charge in [0.1, 0.15) is 4.21 Å². The molecular weight excluding hydrogens is 380 g/mol. The van der Waals surface area contributed by atoms with Gasteiger partial charge in [0.15, 0.2) is 8.32 Å². The van der Waals surface area contributed by atoms with E-state index in [1.165, 1.54) is 30.6 Å². The third-order valence-corrected chi connectivity index (χ3v) is 12.3. The molecule has 0 N–H and O–H groups in total. The van der Waals surface area contributed by atoms with Crippen molar-refractivity contribution in [1.29, 1.82) is 0 Å². The monoisotopic (exact) mass is 410 g/mol. The molecule has 1 aromatic rings. The zero-order valence-corrected chi connectivity index (χ0v) is 19.1. The smallest absolute Gasteiger partial charge is 0.270 e. The van der Waals surface area contributed by atoms with Crippen LogP contribution in [-0.2, 0) is 13.5 Å². The normalized spacial score (nSPS) is 14.8. The van der Waals surface area contributed by atoms with Gasteiger partial charge in [0.05, 0.1) is 6.10 Å². The standard InChI is InChI=1S/C17H31ClO3S2Si/c1-7-8-9-10-11-15(21-24(5,6)17(2,3)4)14-12-16(22-13-14)23(18,19)20/h12-13,15H,7-11H2,1-6H3. The molecule has 0 saturated carbocycles. The van der Waals surface area contributed by atoms with Gasteiger partial charge in [-0.3, -0.25) is 0 Å². The van der Waals surface area contributed by atoms with Gasteiger partial charge in [-0.25, -0.2) is 8.42 Å². The van der Waals surface area contributed by atoms with Crippen LogP contribution in [0.3, 0.4) is 0 Å².